The molecule has 344 valence electrons. The van der Waals surface area contributed by atoms with Crippen molar-refractivity contribution in [2.45, 2.75) is 206 Å². The molecule has 0 radical (unpaired) electrons. The van der Waals surface area contributed by atoms with Crippen molar-refractivity contribution in [1.29, 1.82) is 0 Å². The van der Waals surface area contributed by atoms with Crippen molar-refractivity contribution in [2.24, 2.45) is 5.92 Å². The SMILES string of the molecule is CCCCC/C=C\C/C=C\CC(O)/C=C\C=C\CCCC(=O)O[C@H](COC(=O)CCCCCCCCCCCCCCCCC(C)CC)COP(=O)(O)OC[C@@H](O)CO. The second-order valence-electron chi connectivity index (χ2n) is 15.9. The first-order chi connectivity index (χ1) is 28.5. The molecular weight excluding hydrogens is 771 g/mol. The van der Waals surface area contributed by atoms with E-state index in [-0.39, 0.29) is 19.4 Å². The lowest BCUT2D eigenvalue weighted by Crippen LogP contribution is -2.29. The second kappa shape index (κ2) is 41.3. The fourth-order valence-corrected chi connectivity index (χ4v) is 6.89. The summed E-state index contributed by atoms with van der Waals surface area (Å²) in [6.07, 6.45) is 39.6. The van der Waals surface area contributed by atoms with Crippen LogP contribution in [-0.4, -0.2) is 76.9 Å². The van der Waals surface area contributed by atoms with Gasteiger partial charge >= 0.3 is 19.8 Å². The van der Waals surface area contributed by atoms with Crippen LogP contribution in [0.1, 0.15) is 188 Å². The molecule has 4 N–H and O–H groups in total. The molecule has 0 aromatic heterocycles. The summed E-state index contributed by atoms with van der Waals surface area (Å²) in [5.41, 5.74) is 0. The number of phosphoric acid groups is 1. The second-order valence-corrected chi connectivity index (χ2v) is 17.3. The largest absolute Gasteiger partial charge is 0.472 e. The van der Waals surface area contributed by atoms with E-state index < -0.39 is 57.9 Å². The van der Waals surface area contributed by atoms with Gasteiger partial charge in [-0.25, -0.2) is 4.57 Å². The van der Waals surface area contributed by atoms with Gasteiger partial charge in [0.2, 0.25) is 0 Å². The number of carbonyl (C=O) groups is 2. The molecule has 0 aliphatic carbocycles. The minimum atomic E-state index is -4.66. The Labute approximate surface area is 358 Å². The van der Waals surface area contributed by atoms with E-state index >= 15 is 0 Å². The topological polar surface area (TPSA) is 169 Å². The molecule has 3 unspecified atom stereocenters. The smallest absolute Gasteiger partial charge is 0.462 e. The molecule has 11 nitrogen and oxygen atoms in total. The van der Waals surface area contributed by atoms with Gasteiger partial charge < -0.3 is 29.7 Å². The zero-order valence-electron chi connectivity index (χ0n) is 37.2. The van der Waals surface area contributed by atoms with Gasteiger partial charge in [0.1, 0.15) is 12.7 Å². The standard InChI is InChI=1S/C47H85O11P/c1-4-6-7-8-9-16-20-24-29-34-43(49)35-30-25-22-27-32-37-47(52)58-45(41-57-59(53,54)56-39-44(50)38-48)40-55-46(51)36-31-26-21-18-15-13-11-10-12-14-17-19-23-28-33-42(3)5-2/h9,16,22,24-25,29-30,35,42-45,48-50H,4-8,10-15,17-21,23,26-28,31-34,36-41H2,1-3H3,(H,53,54)/b16-9-,25-22+,29-24-,35-30-/t42?,43?,44-,45+/m0/s1. The molecule has 5 atom stereocenters. The Morgan fingerprint density at radius 1 is 0.644 bits per heavy atom. The lowest BCUT2D eigenvalue weighted by atomic mass is 9.99. The molecule has 0 heterocycles. The molecule has 0 saturated carbocycles. The van der Waals surface area contributed by atoms with Gasteiger partial charge in [0.25, 0.3) is 0 Å². The van der Waals surface area contributed by atoms with Crippen molar-refractivity contribution < 1.29 is 52.9 Å². The van der Waals surface area contributed by atoms with E-state index in [1.165, 1.54) is 96.3 Å². The number of esters is 2. The fraction of sp³-hybridized carbons (Fsp3) is 0.787. The van der Waals surface area contributed by atoms with Gasteiger partial charge in [-0.2, -0.15) is 0 Å². The number of hydrogen-bond donors (Lipinski definition) is 4. The molecule has 0 aromatic carbocycles. The first kappa shape index (κ1) is 56.9. The van der Waals surface area contributed by atoms with Gasteiger partial charge in [0.15, 0.2) is 6.10 Å². The van der Waals surface area contributed by atoms with E-state index in [0.29, 0.717) is 25.7 Å². The lowest BCUT2D eigenvalue weighted by Gasteiger charge is -2.20. The van der Waals surface area contributed by atoms with Crippen LogP contribution in [0.5, 0.6) is 0 Å². The van der Waals surface area contributed by atoms with Gasteiger partial charge in [0, 0.05) is 12.8 Å². The Kier molecular flexibility index (Phi) is 39.8. The predicted molar refractivity (Wildman–Crippen MR) is 239 cm³/mol. The summed E-state index contributed by atoms with van der Waals surface area (Å²) in [5, 5.41) is 28.5. The van der Waals surface area contributed by atoms with Gasteiger partial charge in [-0.1, -0.05) is 179 Å². The van der Waals surface area contributed by atoms with Crippen LogP contribution in [0.3, 0.4) is 0 Å². The molecular formula is C47H85O11P. The third-order valence-corrected chi connectivity index (χ3v) is 11.1. The molecule has 59 heavy (non-hydrogen) atoms. The van der Waals surface area contributed by atoms with E-state index in [4.69, 9.17) is 19.1 Å². The van der Waals surface area contributed by atoms with Crippen LogP contribution in [0.25, 0.3) is 0 Å². The van der Waals surface area contributed by atoms with Crippen LogP contribution in [0, 0.1) is 5.92 Å². The lowest BCUT2D eigenvalue weighted by molar-refractivity contribution is -0.161. The average molecular weight is 857 g/mol. The van der Waals surface area contributed by atoms with Crippen molar-refractivity contribution in [3.8, 4) is 0 Å². The summed E-state index contributed by atoms with van der Waals surface area (Å²) in [5.74, 6) is -0.184. The number of hydrogen-bond acceptors (Lipinski definition) is 10. The minimum Gasteiger partial charge on any atom is -0.462 e. The third kappa shape index (κ3) is 41.0. The molecule has 0 fully saturated rings. The van der Waals surface area contributed by atoms with Crippen LogP contribution in [0.4, 0.5) is 0 Å². The number of allylic oxidation sites excluding steroid dienone is 6. The number of ether oxygens (including phenoxy) is 2. The quantitative estimate of drug-likeness (QED) is 0.0151. The molecule has 0 rings (SSSR count). The van der Waals surface area contributed by atoms with E-state index in [9.17, 15) is 29.3 Å². The number of aliphatic hydroxyl groups is 3. The molecule has 0 saturated heterocycles. The predicted octanol–water partition coefficient (Wildman–Crippen LogP) is 11.3. The fourth-order valence-electron chi connectivity index (χ4n) is 6.10. The average Bonchev–Trinajstić information content (AvgIpc) is 3.22. The molecule has 0 spiro atoms. The number of rotatable bonds is 42. The van der Waals surface area contributed by atoms with Gasteiger partial charge in [-0.05, 0) is 50.9 Å². The third-order valence-electron chi connectivity index (χ3n) is 10.1. The Morgan fingerprint density at radius 2 is 1.22 bits per heavy atom. The van der Waals surface area contributed by atoms with Crippen LogP contribution in [0.15, 0.2) is 48.6 Å². The minimum absolute atomic E-state index is 0.0493. The number of phosphoric ester groups is 1. The van der Waals surface area contributed by atoms with Crippen molar-refractivity contribution in [2.75, 3.05) is 26.4 Å². The van der Waals surface area contributed by atoms with Crippen LogP contribution in [-0.2, 0) is 32.7 Å². The highest BCUT2D eigenvalue weighted by Gasteiger charge is 2.27. The van der Waals surface area contributed by atoms with E-state index in [1.807, 2.05) is 18.2 Å². The summed E-state index contributed by atoms with van der Waals surface area (Å²) >= 11 is 0. The molecule has 12 heteroatoms. The molecule has 0 aromatic rings. The zero-order chi connectivity index (χ0) is 43.7. The van der Waals surface area contributed by atoms with Crippen molar-refractivity contribution in [3.05, 3.63) is 48.6 Å². The summed E-state index contributed by atoms with van der Waals surface area (Å²) in [7, 11) is -4.66. The Hall–Kier alpha value is -2.11. The Morgan fingerprint density at radius 3 is 1.85 bits per heavy atom. The van der Waals surface area contributed by atoms with E-state index in [2.05, 4.69) is 37.4 Å². The first-order valence-corrected chi connectivity index (χ1v) is 24.6. The van der Waals surface area contributed by atoms with Crippen molar-refractivity contribution >= 4 is 19.8 Å². The molecule has 0 aliphatic heterocycles. The van der Waals surface area contributed by atoms with Crippen LogP contribution < -0.4 is 0 Å². The van der Waals surface area contributed by atoms with Gasteiger partial charge in [0.05, 0.1) is 25.9 Å². The normalized spacial score (nSPS) is 15.3. The van der Waals surface area contributed by atoms with Crippen molar-refractivity contribution in [1.82, 2.24) is 0 Å². The molecule has 0 bridgehead atoms. The summed E-state index contributed by atoms with van der Waals surface area (Å²) in [4.78, 5) is 35.0. The number of unbranched alkanes of at least 4 members (excludes halogenated alkanes) is 17. The maximum Gasteiger partial charge on any atom is 0.472 e. The number of aliphatic hydroxyl groups excluding tert-OH is 3. The van der Waals surface area contributed by atoms with Gasteiger partial charge in [-0.3, -0.25) is 18.6 Å². The first-order valence-electron chi connectivity index (χ1n) is 23.1. The Bertz CT molecular complexity index is 1150. The molecule has 0 amide bonds. The molecule has 0 aliphatic rings. The summed E-state index contributed by atoms with van der Waals surface area (Å²) in [6, 6.07) is 0. The van der Waals surface area contributed by atoms with E-state index in [1.54, 1.807) is 18.2 Å². The summed E-state index contributed by atoms with van der Waals surface area (Å²) in [6.45, 7) is 4.56. The van der Waals surface area contributed by atoms with Crippen LogP contribution in [0.2, 0.25) is 0 Å². The van der Waals surface area contributed by atoms with Crippen LogP contribution >= 0.6 is 7.82 Å². The highest BCUT2D eigenvalue weighted by Crippen LogP contribution is 2.43. The monoisotopic (exact) mass is 857 g/mol. The zero-order valence-corrected chi connectivity index (χ0v) is 38.1. The maximum absolute atomic E-state index is 12.6. The number of carbonyl (C=O) groups excluding carboxylic acids is 2. The highest BCUT2D eigenvalue weighted by atomic mass is 31.2. The van der Waals surface area contributed by atoms with E-state index in [0.717, 1.165) is 38.0 Å². The maximum atomic E-state index is 12.6. The highest BCUT2D eigenvalue weighted by molar-refractivity contribution is 7.47. The Balaban J connectivity index is 4.42. The van der Waals surface area contributed by atoms with Gasteiger partial charge in [-0.15, -0.1) is 0 Å². The van der Waals surface area contributed by atoms with Crippen molar-refractivity contribution in [3.63, 3.8) is 0 Å². The summed E-state index contributed by atoms with van der Waals surface area (Å²) < 4.78 is 32.6.